The summed E-state index contributed by atoms with van der Waals surface area (Å²) in [7, 11) is 1.71. The van der Waals surface area contributed by atoms with Crippen LogP contribution < -0.4 is 26.2 Å². The van der Waals surface area contributed by atoms with Gasteiger partial charge in [-0.3, -0.25) is 10.2 Å². The number of alkyl halides is 3. The monoisotopic (exact) mass is 522 g/mol. The van der Waals surface area contributed by atoms with Crippen LogP contribution in [0.1, 0.15) is 17.5 Å². The number of anilines is 3. The van der Waals surface area contributed by atoms with Crippen molar-refractivity contribution in [3.05, 3.63) is 41.6 Å². The van der Waals surface area contributed by atoms with Crippen LogP contribution in [0, 0.1) is 0 Å². The zero-order chi connectivity index (χ0) is 26.4. The van der Waals surface area contributed by atoms with Crippen molar-refractivity contribution in [1.29, 1.82) is 0 Å². The summed E-state index contributed by atoms with van der Waals surface area (Å²) in [6.07, 6.45) is -2.34. The molecule has 0 saturated carbocycles. The van der Waals surface area contributed by atoms with Crippen molar-refractivity contribution in [3.63, 3.8) is 0 Å². The van der Waals surface area contributed by atoms with Gasteiger partial charge in [0, 0.05) is 57.7 Å². The predicted octanol–water partition coefficient (Wildman–Crippen LogP) is 2.48. The molecule has 3 heterocycles. The number of morpholine rings is 1. The number of ether oxygens (including phenoxy) is 1. The van der Waals surface area contributed by atoms with Gasteiger partial charge >= 0.3 is 18.2 Å². The van der Waals surface area contributed by atoms with Crippen LogP contribution in [0.2, 0.25) is 0 Å². The van der Waals surface area contributed by atoms with E-state index in [0.717, 1.165) is 6.07 Å². The molecule has 11 nitrogen and oxygen atoms in total. The number of hydrogen-bond acceptors (Lipinski definition) is 8. The number of rotatable bonds is 6. The topological polar surface area (TPSA) is 124 Å². The van der Waals surface area contributed by atoms with E-state index in [0.29, 0.717) is 57.6 Å². The van der Waals surface area contributed by atoms with Gasteiger partial charge in [-0.1, -0.05) is 6.07 Å². The minimum atomic E-state index is -4.60. The van der Waals surface area contributed by atoms with Crippen LogP contribution in [0.5, 0.6) is 0 Å². The Hall–Kier alpha value is -3.65. The maximum atomic E-state index is 13.7. The summed E-state index contributed by atoms with van der Waals surface area (Å²) in [6, 6.07) is 3.45. The van der Waals surface area contributed by atoms with E-state index >= 15 is 0 Å². The van der Waals surface area contributed by atoms with Crippen molar-refractivity contribution < 1.29 is 27.5 Å². The lowest BCUT2D eigenvalue weighted by Crippen LogP contribution is -2.46. The van der Waals surface area contributed by atoms with Crippen LogP contribution in [-0.2, 0) is 17.5 Å². The van der Waals surface area contributed by atoms with Gasteiger partial charge in [-0.25, -0.2) is 14.6 Å². The van der Waals surface area contributed by atoms with Gasteiger partial charge in [0.2, 0.25) is 5.95 Å². The highest BCUT2D eigenvalue weighted by Crippen LogP contribution is 2.34. The number of carbonyl (C=O) groups excluding carboxylic acids is 2. The van der Waals surface area contributed by atoms with E-state index in [4.69, 9.17) is 4.74 Å². The number of carbonyl (C=O) groups is 2. The SMILES string of the molecule is CNc1nccc(N2CCC(NC(=O)NC(=O)Nc3ccc(CN4CCOCC4)c(C(F)(F)F)c3)C2)n1. The van der Waals surface area contributed by atoms with Crippen molar-refractivity contribution in [3.8, 4) is 0 Å². The molecule has 4 N–H and O–H groups in total. The summed E-state index contributed by atoms with van der Waals surface area (Å²) >= 11 is 0. The first-order chi connectivity index (χ1) is 17.7. The Kier molecular flexibility index (Phi) is 8.28. The van der Waals surface area contributed by atoms with Gasteiger partial charge in [0.25, 0.3) is 0 Å². The normalized spacial score (nSPS) is 18.4. The summed E-state index contributed by atoms with van der Waals surface area (Å²) in [5, 5.41) is 9.99. The van der Waals surface area contributed by atoms with Gasteiger partial charge in [0.15, 0.2) is 0 Å². The van der Waals surface area contributed by atoms with Crippen molar-refractivity contribution in [2.45, 2.75) is 25.2 Å². The fourth-order valence-corrected chi connectivity index (χ4v) is 4.28. The molecule has 2 fully saturated rings. The van der Waals surface area contributed by atoms with E-state index in [1.165, 1.54) is 12.1 Å². The predicted molar refractivity (Wildman–Crippen MR) is 130 cm³/mol. The average molecular weight is 523 g/mol. The maximum absolute atomic E-state index is 13.7. The lowest BCUT2D eigenvalue weighted by molar-refractivity contribution is -0.138. The summed E-state index contributed by atoms with van der Waals surface area (Å²) in [6.45, 7) is 3.28. The molecule has 1 atom stereocenters. The molecule has 200 valence electrons. The van der Waals surface area contributed by atoms with Crippen molar-refractivity contribution in [2.75, 3.05) is 62.0 Å². The number of imide groups is 1. The summed E-state index contributed by atoms with van der Waals surface area (Å²) in [4.78, 5) is 36.9. The Morgan fingerprint density at radius 2 is 1.92 bits per heavy atom. The van der Waals surface area contributed by atoms with Gasteiger partial charge in [-0.15, -0.1) is 0 Å². The molecule has 2 saturated heterocycles. The van der Waals surface area contributed by atoms with Crippen molar-refractivity contribution in [2.24, 2.45) is 0 Å². The molecule has 14 heteroatoms. The second-order valence-electron chi connectivity index (χ2n) is 8.73. The molecule has 4 rings (SSSR count). The largest absolute Gasteiger partial charge is 0.416 e. The van der Waals surface area contributed by atoms with Crippen LogP contribution in [0.25, 0.3) is 0 Å². The second-order valence-corrected chi connectivity index (χ2v) is 8.73. The molecule has 4 amide bonds. The first kappa shape index (κ1) is 26.4. The molecule has 0 bridgehead atoms. The first-order valence-electron chi connectivity index (χ1n) is 11.9. The van der Waals surface area contributed by atoms with Gasteiger partial charge in [0.1, 0.15) is 5.82 Å². The van der Waals surface area contributed by atoms with Crippen LogP contribution in [-0.4, -0.2) is 79.4 Å². The van der Waals surface area contributed by atoms with Gasteiger partial charge in [-0.05, 0) is 30.2 Å². The molecule has 2 aromatic rings. The quantitative estimate of drug-likeness (QED) is 0.456. The zero-order valence-electron chi connectivity index (χ0n) is 20.3. The Labute approximate surface area is 211 Å². The smallest absolute Gasteiger partial charge is 0.379 e. The average Bonchev–Trinajstić information content (AvgIpc) is 3.33. The summed E-state index contributed by atoms with van der Waals surface area (Å²) in [5.74, 6) is 1.19. The van der Waals surface area contributed by atoms with E-state index in [1.807, 2.05) is 9.80 Å². The molecule has 1 aromatic carbocycles. The zero-order valence-corrected chi connectivity index (χ0v) is 20.3. The van der Waals surface area contributed by atoms with Crippen molar-refractivity contribution >= 4 is 29.5 Å². The number of aromatic nitrogens is 2. The molecular formula is C23H29F3N8O3. The summed E-state index contributed by atoms with van der Waals surface area (Å²) < 4.78 is 46.4. The molecule has 0 aliphatic carbocycles. The van der Waals surface area contributed by atoms with Gasteiger partial charge in [0.05, 0.1) is 18.8 Å². The summed E-state index contributed by atoms with van der Waals surface area (Å²) in [5.41, 5.74) is -0.799. The van der Waals surface area contributed by atoms with Crippen LogP contribution in [0.15, 0.2) is 30.5 Å². The molecule has 0 radical (unpaired) electrons. The number of halogens is 3. The van der Waals surface area contributed by atoms with E-state index in [1.54, 1.807) is 19.3 Å². The van der Waals surface area contributed by atoms with E-state index < -0.39 is 23.8 Å². The Bertz CT molecular complexity index is 1110. The standard InChI is InChI=1S/C23H29F3N8O3/c1-27-20-28-6-4-19(31-20)34-7-5-17(14-34)30-22(36)32-21(35)29-16-3-2-15(18(12-16)23(24,25)26)13-33-8-10-37-11-9-33/h2-4,6,12,17H,5,7-11,13-14H2,1H3,(H,27,28,31)(H3,29,30,32,35,36). The fraction of sp³-hybridized carbons (Fsp3) is 0.478. The third kappa shape index (κ3) is 7.20. The lowest BCUT2D eigenvalue weighted by atomic mass is 10.0. The molecule has 2 aliphatic heterocycles. The third-order valence-corrected chi connectivity index (χ3v) is 6.11. The highest BCUT2D eigenvalue weighted by atomic mass is 19.4. The minimum Gasteiger partial charge on any atom is -0.379 e. The maximum Gasteiger partial charge on any atom is 0.416 e. The van der Waals surface area contributed by atoms with Gasteiger partial charge in [-0.2, -0.15) is 18.2 Å². The number of benzene rings is 1. The Morgan fingerprint density at radius 1 is 1.14 bits per heavy atom. The third-order valence-electron chi connectivity index (χ3n) is 6.11. The van der Waals surface area contributed by atoms with Gasteiger partial charge < -0.3 is 25.6 Å². The number of hydrogen-bond donors (Lipinski definition) is 4. The number of urea groups is 2. The van der Waals surface area contributed by atoms with Crippen LogP contribution >= 0.6 is 0 Å². The molecule has 1 aromatic heterocycles. The Balaban J connectivity index is 1.30. The number of nitrogens with one attached hydrogen (secondary N) is 4. The lowest BCUT2D eigenvalue weighted by Gasteiger charge is -2.27. The van der Waals surface area contributed by atoms with Crippen LogP contribution in [0.3, 0.4) is 0 Å². The first-order valence-corrected chi connectivity index (χ1v) is 11.9. The molecule has 37 heavy (non-hydrogen) atoms. The van der Waals surface area contributed by atoms with E-state index in [-0.39, 0.29) is 23.8 Å². The van der Waals surface area contributed by atoms with E-state index in [2.05, 4.69) is 31.2 Å². The van der Waals surface area contributed by atoms with E-state index in [9.17, 15) is 22.8 Å². The van der Waals surface area contributed by atoms with Crippen molar-refractivity contribution in [1.82, 2.24) is 25.5 Å². The van der Waals surface area contributed by atoms with Crippen LogP contribution in [0.4, 0.5) is 40.2 Å². The number of nitrogens with zero attached hydrogens (tertiary/aromatic N) is 4. The highest BCUT2D eigenvalue weighted by molar-refractivity contribution is 6.00. The Morgan fingerprint density at radius 3 is 2.65 bits per heavy atom. The number of amides is 4. The molecule has 2 aliphatic rings. The molecular weight excluding hydrogens is 493 g/mol. The second kappa shape index (κ2) is 11.6. The molecule has 0 spiro atoms. The highest BCUT2D eigenvalue weighted by Gasteiger charge is 2.34. The molecule has 1 unspecified atom stereocenters. The fourth-order valence-electron chi connectivity index (χ4n) is 4.28. The minimum absolute atomic E-state index is 0.0699.